The monoisotopic (exact) mass is 554 g/mol. The van der Waals surface area contributed by atoms with E-state index >= 15 is 0 Å². The van der Waals surface area contributed by atoms with Crippen LogP contribution in [0.15, 0.2) is 133 Å². The third-order valence-electron chi connectivity index (χ3n) is 8.14. The minimum absolute atomic E-state index is 0.812. The standard InChI is InChI=1S/C37H22N4S/c1-2-10-25-23(9-1)15-16-33-34(25)35-26-11-3-4-12-27(26)37-28(17-20-42-37)36(35)41(33)24-21-31(29-13-5-7-18-38-29)40-32(22-24)30-14-6-8-19-39-30/h1-22H. The Morgan fingerprint density at radius 2 is 1.19 bits per heavy atom. The number of hydrogen-bond donors (Lipinski definition) is 0. The first-order chi connectivity index (χ1) is 20.8. The van der Waals surface area contributed by atoms with Crippen molar-refractivity contribution in [3.63, 3.8) is 0 Å². The Labute approximate surface area is 245 Å². The van der Waals surface area contributed by atoms with Crippen LogP contribution in [-0.2, 0) is 0 Å². The molecule has 0 aliphatic carbocycles. The third kappa shape index (κ3) is 3.38. The van der Waals surface area contributed by atoms with E-state index in [1.807, 2.05) is 48.8 Å². The van der Waals surface area contributed by atoms with Crippen molar-refractivity contribution in [1.82, 2.24) is 19.5 Å². The third-order valence-corrected chi connectivity index (χ3v) is 9.09. The summed E-state index contributed by atoms with van der Waals surface area (Å²) in [6.45, 7) is 0. The molecule has 0 saturated carbocycles. The number of thiophene rings is 1. The highest BCUT2D eigenvalue weighted by Gasteiger charge is 2.22. The second-order valence-electron chi connectivity index (χ2n) is 10.5. The van der Waals surface area contributed by atoms with Crippen LogP contribution in [0, 0.1) is 0 Å². The minimum Gasteiger partial charge on any atom is -0.308 e. The summed E-state index contributed by atoms with van der Waals surface area (Å²) in [5, 5.41) is 11.1. The van der Waals surface area contributed by atoms with Crippen LogP contribution in [0.3, 0.4) is 0 Å². The predicted molar refractivity (Wildman–Crippen MR) is 175 cm³/mol. The van der Waals surface area contributed by atoms with E-state index < -0.39 is 0 Å². The number of benzene rings is 4. The van der Waals surface area contributed by atoms with Crippen molar-refractivity contribution in [2.24, 2.45) is 0 Å². The van der Waals surface area contributed by atoms with Gasteiger partial charge in [-0.25, -0.2) is 4.98 Å². The number of aromatic nitrogens is 4. The summed E-state index contributed by atoms with van der Waals surface area (Å²) in [6.07, 6.45) is 3.63. The molecule has 4 aromatic carbocycles. The maximum atomic E-state index is 5.06. The predicted octanol–water partition coefficient (Wildman–Crippen LogP) is 9.82. The lowest BCUT2D eigenvalue weighted by atomic mass is 9.98. The zero-order chi connectivity index (χ0) is 27.6. The molecule has 196 valence electrons. The molecule has 0 aliphatic heterocycles. The van der Waals surface area contributed by atoms with Crippen molar-refractivity contribution in [3.05, 3.63) is 133 Å². The highest BCUT2D eigenvalue weighted by atomic mass is 32.1. The molecule has 9 aromatic rings. The number of hydrogen-bond acceptors (Lipinski definition) is 4. The molecule has 42 heavy (non-hydrogen) atoms. The van der Waals surface area contributed by atoms with Gasteiger partial charge in [0.15, 0.2) is 0 Å². The SMILES string of the molecule is c1ccc(-c2cc(-n3c4ccc5ccccc5c4c4c5ccccc5c5sccc5c43)cc(-c3ccccn3)n2)nc1. The van der Waals surface area contributed by atoms with Crippen LogP contribution in [0.4, 0.5) is 0 Å². The van der Waals surface area contributed by atoms with Gasteiger partial charge in [-0.05, 0) is 70.1 Å². The van der Waals surface area contributed by atoms with Gasteiger partial charge in [-0.15, -0.1) is 11.3 Å². The quantitative estimate of drug-likeness (QED) is 0.218. The highest BCUT2D eigenvalue weighted by Crippen LogP contribution is 2.46. The van der Waals surface area contributed by atoms with Gasteiger partial charge >= 0.3 is 0 Å². The topological polar surface area (TPSA) is 43.6 Å². The van der Waals surface area contributed by atoms with Crippen LogP contribution in [0.2, 0.25) is 0 Å². The normalized spacial score (nSPS) is 11.8. The molecule has 0 radical (unpaired) electrons. The number of fused-ring (bicyclic) bond motifs is 10. The van der Waals surface area contributed by atoms with E-state index in [2.05, 4.69) is 98.8 Å². The second-order valence-corrected chi connectivity index (χ2v) is 11.4. The first kappa shape index (κ1) is 23.3. The summed E-state index contributed by atoms with van der Waals surface area (Å²) in [5.41, 5.74) is 6.69. The molecule has 0 N–H and O–H groups in total. The van der Waals surface area contributed by atoms with Gasteiger partial charge in [0.2, 0.25) is 0 Å². The van der Waals surface area contributed by atoms with Gasteiger partial charge in [0, 0.05) is 38.6 Å². The Hall–Kier alpha value is -5.39. The second kappa shape index (κ2) is 9.06. The average molecular weight is 555 g/mol. The smallest absolute Gasteiger partial charge is 0.0915 e. The van der Waals surface area contributed by atoms with Gasteiger partial charge in [0.25, 0.3) is 0 Å². The molecule has 5 aromatic heterocycles. The van der Waals surface area contributed by atoms with E-state index in [1.165, 1.54) is 47.9 Å². The first-order valence-corrected chi connectivity index (χ1v) is 14.8. The molecular weight excluding hydrogens is 533 g/mol. The zero-order valence-corrected chi connectivity index (χ0v) is 23.2. The van der Waals surface area contributed by atoms with Crippen molar-refractivity contribution in [1.29, 1.82) is 0 Å². The summed E-state index contributed by atoms with van der Waals surface area (Å²) in [4.78, 5) is 14.4. The van der Waals surface area contributed by atoms with Crippen LogP contribution >= 0.6 is 11.3 Å². The Balaban J connectivity index is 1.51. The molecule has 0 aliphatic rings. The molecule has 0 atom stereocenters. The van der Waals surface area contributed by atoms with Gasteiger partial charge in [-0.3, -0.25) is 9.97 Å². The summed E-state index contributed by atoms with van der Waals surface area (Å²) in [5.74, 6) is 0. The lowest BCUT2D eigenvalue weighted by molar-refractivity contribution is 1.15. The molecule has 5 heterocycles. The average Bonchev–Trinajstić information content (AvgIpc) is 3.69. The highest BCUT2D eigenvalue weighted by molar-refractivity contribution is 7.18. The van der Waals surface area contributed by atoms with E-state index in [1.54, 1.807) is 11.3 Å². The Bertz CT molecular complexity index is 2400. The Morgan fingerprint density at radius 1 is 0.524 bits per heavy atom. The zero-order valence-electron chi connectivity index (χ0n) is 22.4. The van der Waals surface area contributed by atoms with Crippen molar-refractivity contribution in [3.8, 4) is 28.5 Å². The van der Waals surface area contributed by atoms with Crippen molar-refractivity contribution in [2.45, 2.75) is 0 Å². The van der Waals surface area contributed by atoms with Crippen LogP contribution in [-0.4, -0.2) is 19.5 Å². The van der Waals surface area contributed by atoms with Crippen molar-refractivity contribution < 1.29 is 0 Å². The molecule has 0 fully saturated rings. The molecular formula is C37H22N4S. The van der Waals surface area contributed by atoms with E-state index in [4.69, 9.17) is 4.98 Å². The summed E-state index contributed by atoms with van der Waals surface area (Å²) < 4.78 is 3.73. The van der Waals surface area contributed by atoms with Gasteiger partial charge < -0.3 is 4.57 Å². The molecule has 5 heteroatoms. The maximum Gasteiger partial charge on any atom is 0.0915 e. The Morgan fingerprint density at radius 3 is 1.90 bits per heavy atom. The largest absolute Gasteiger partial charge is 0.308 e. The van der Waals surface area contributed by atoms with Gasteiger partial charge in [-0.1, -0.05) is 66.7 Å². The molecule has 0 bridgehead atoms. The van der Waals surface area contributed by atoms with E-state index in [-0.39, 0.29) is 0 Å². The van der Waals surface area contributed by atoms with Crippen molar-refractivity contribution in [2.75, 3.05) is 0 Å². The van der Waals surface area contributed by atoms with E-state index in [9.17, 15) is 0 Å². The van der Waals surface area contributed by atoms with Gasteiger partial charge in [0.05, 0.1) is 39.5 Å². The fourth-order valence-electron chi connectivity index (χ4n) is 6.38. The van der Waals surface area contributed by atoms with Crippen LogP contribution in [0.5, 0.6) is 0 Å². The molecule has 0 amide bonds. The molecule has 4 nitrogen and oxygen atoms in total. The lowest BCUT2D eigenvalue weighted by Gasteiger charge is -2.13. The molecule has 0 spiro atoms. The number of nitrogens with zero attached hydrogens (tertiary/aromatic N) is 4. The Kier molecular flexibility index (Phi) is 5.03. The van der Waals surface area contributed by atoms with Crippen LogP contribution < -0.4 is 0 Å². The van der Waals surface area contributed by atoms with Crippen LogP contribution in [0.25, 0.3) is 81.9 Å². The number of pyridine rings is 3. The summed E-state index contributed by atoms with van der Waals surface area (Å²) >= 11 is 1.80. The summed E-state index contributed by atoms with van der Waals surface area (Å²) in [6, 6.07) is 40.5. The molecule has 9 rings (SSSR count). The van der Waals surface area contributed by atoms with Gasteiger partial charge in [-0.2, -0.15) is 0 Å². The fraction of sp³-hybridized carbons (Fsp3) is 0. The molecule has 0 saturated heterocycles. The van der Waals surface area contributed by atoms with E-state index in [0.29, 0.717) is 0 Å². The minimum atomic E-state index is 0.812. The molecule has 0 unspecified atom stereocenters. The van der Waals surface area contributed by atoms with Gasteiger partial charge in [0.1, 0.15) is 0 Å². The maximum absolute atomic E-state index is 5.06. The lowest BCUT2D eigenvalue weighted by Crippen LogP contribution is -1.99. The first-order valence-electron chi connectivity index (χ1n) is 13.9. The number of rotatable bonds is 3. The van der Waals surface area contributed by atoms with E-state index in [0.717, 1.165) is 34.0 Å². The fourth-order valence-corrected chi connectivity index (χ4v) is 7.32. The van der Waals surface area contributed by atoms with Crippen LogP contribution in [0.1, 0.15) is 0 Å². The summed E-state index contributed by atoms with van der Waals surface area (Å²) in [7, 11) is 0. The van der Waals surface area contributed by atoms with Crippen molar-refractivity contribution >= 4 is 64.8 Å².